The van der Waals surface area contributed by atoms with Gasteiger partial charge in [0, 0.05) is 31.9 Å². The van der Waals surface area contributed by atoms with E-state index in [4.69, 9.17) is 0 Å². The summed E-state index contributed by atoms with van der Waals surface area (Å²) in [5, 5.41) is 2.97. The van der Waals surface area contributed by atoms with Gasteiger partial charge in [0.2, 0.25) is 0 Å². The fourth-order valence-corrected chi connectivity index (χ4v) is 3.39. The van der Waals surface area contributed by atoms with Crippen molar-refractivity contribution < 1.29 is 9.18 Å². The highest BCUT2D eigenvalue weighted by Crippen LogP contribution is 2.23. The number of carbonyl (C=O) groups excluding carboxylic acids is 1. The number of likely N-dealkylation sites (tertiary alicyclic amines) is 1. The predicted molar refractivity (Wildman–Crippen MR) is 97.1 cm³/mol. The number of halogens is 1. The third kappa shape index (κ3) is 4.56. The Kier molecular flexibility index (Phi) is 5.64. The Hall–Kier alpha value is -2.43. The van der Waals surface area contributed by atoms with E-state index < -0.39 is 0 Å². The molecular formula is C20H24FN3O. The molecule has 2 aromatic rings. The predicted octanol–water partition coefficient (Wildman–Crippen LogP) is 3.75. The number of pyridine rings is 1. The van der Waals surface area contributed by atoms with Gasteiger partial charge in [0.05, 0.1) is 0 Å². The van der Waals surface area contributed by atoms with Gasteiger partial charge in [-0.05, 0) is 61.4 Å². The number of benzene rings is 1. The average Bonchev–Trinajstić information content (AvgIpc) is 2.67. The molecule has 0 spiro atoms. The standard InChI is InChI=1S/C20H24FN3O/c1-22-19-13-17(10-11-23-19)20(25)24-12-2-3-16(14-24)5-4-15-6-8-18(21)9-7-15/h6-11,13,16H,2-5,12,14H2,1H3,(H,22,23)/t16-/m1/s1. The van der Waals surface area contributed by atoms with E-state index in [0.29, 0.717) is 17.3 Å². The molecular weight excluding hydrogens is 317 g/mol. The van der Waals surface area contributed by atoms with Crippen molar-refractivity contribution in [2.75, 3.05) is 25.5 Å². The van der Waals surface area contributed by atoms with Gasteiger partial charge in [-0.1, -0.05) is 12.1 Å². The highest BCUT2D eigenvalue weighted by molar-refractivity contribution is 5.94. The molecule has 1 atom stereocenters. The number of anilines is 1. The van der Waals surface area contributed by atoms with Crippen molar-refractivity contribution in [1.82, 2.24) is 9.88 Å². The molecule has 0 aliphatic carbocycles. The zero-order valence-corrected chi connectivity index (χ0v) is 14.5. The first-order valence-electron chi connectivity index (χ1n) is 8.83. The zero-order valence-electron chi connectivity index (χ0n) is 14.5. The molecule has 1 saturated heterocycles. The quantitative estimate of drug-likeness (QED) is 0.901. The molecule has 4 nitrogen and oxygen atoms in total. The third-order valence-corrected chi connectivity index (χ3v) is 4.82. The first-order valence-corrected chi connectivity index (χ1v) is 8.83. The topological polar surface area (TPSA) is 45.2 Å². The molecule has 132 valence electrons. The highest BCUT2D eigenvalue weighted by atomic mass is 19.1. The summed E-state index contributed by atoms with van der Waals surface area (Å²) < 4.78 is 13.0. The Morgan fingerprint density at radius 2 is 2.12 bits per heavy atom. The minimum atomic E-state index is -0.198. The maximum Gasteiger partial charge on any atom is 0.254 e. The van der Waals surface area contributed by atoms with Crippen molar-refractivity contribution in [3.05, 3.63) is 59.5 Å². The second kappa shape index (κ2) is 8.10. The minimum absolute atomic E-state index is 0.0744. The van der Waals surface area contributed by atoms with Gasteiger partial charge in [0.1, 0.15) is 11.6 Å². The van der Waals surface area contributed by atoms with Gasteiger partial charge in [-0.2, -0.15) is 0 Å². The second-order valence-electron chi connectivity index (χ2n) is 6.60. The zero-order chi connectivity index (χ0) is 17.6. The van der Waals surface area contributed by atoms with Gasteiger partial charge in [0.25, 0.3) is 5.91 Å². The lowest BCUT2D eigenvalue weighted by molar-refractivity contribution is 0.0668. The van der Waals surface area contributed by atoms with E-state index >= 15 is 0 Å². The molecule has 0 radical (unpaired) electrons. The van der Waals surface area contributed by atoms with Crippen LogP contribution in [0, 0.1) is 11.7 Å². The molecule has 3 rings (SSSR count). The van der Waals surface area contributed by atoms with E-state index in [2.05, 4.69) is 10.3 Å². The minimum Gasteiger partial charge on any atom is -0.373 e. The summed E-state index contributed by atoms with van der Waals surface area (Å²) >= 11 is 0. The van der Waals surface area contributed by atoms with Gasteiger partial charge in [-0.3, -0.25) is 4.79 Å². The smallest absolute Gasteiger partial charge is 0.254 e. The van der Waals surface area contributed by atoms with Gasteiger partial charge in [-0.25, -0.2) is 9.37 Å². The van der Waals surface area contributed by atoms with Crippen LogP contribution < -0.4 is 5.32 Å². The van der Waals surface area contributed by atoms with Crippen LogP contribution in [-0.4, -0.2) is 35.9 Å². The van der Waals surface area contributed by atoms with Crippen molar-refractivity contribution in [2.45, 2.75) is 25.7 Å². The maximum absolute atomic E-state index is 13.0. The summed E-state index contributed by atoms with van der Waals surface area (Å²) in [7, 11) is 1.79. The van der Waals surface area contributed by atoms with E-state index in [0.717, 1.165) is 44.3 Å². The number of carbonyl (C=O) groups is 1. The van der Waals surface area contributed by atoms with E-state index in [9.17, 15) is 9.18 Å². The molecule has 1 aromatic carbocycles. The SMILES string of the molecule is CNc1cc(C(=O)N2CCC[C@H](CCc3ccc(F)cc3)C2)ccn1. The maximum atomic E-state index is 13.0. The van der Waals surface area contributed by atoms with E-state index in [1.165, 1.54) is 12.1 Å². The van der Waals surface area contributed by atoms with Crippen LogP contribution >= 0.6 is 0 Å². The second-order valence-corrected chi connectivity index (χ2v) is 6.60. The molecule has 1 amide bonds. The Balaban J connectivity index is 1.58. The van der Waals surface area contributed by atoms with Crippen LogP contribution in [0.1, 0.15) is 35.2 Å². The molecule has 25 heavy (non-hydrogen) atoms. The number of piperidine rings is 1. The van der Waals surface area contributed by atoms with Crippen molar-refractivity contribution in [2.24, 2.45) is 5.92 Å². The Morgan fingerprint density at radius 1 is 1.32 bits per heavy atom. The number of aromatic nitrogens is 1. The molecule has 0 saturated carbocycles. The normalized spacial score (nSPS) is 17.4. The molecule has 1 fully saturated rings. The number of hydrogen-bond donors (Lipinski definition) is 1. The van der Waals surface area contributed by atoms with Crippen LogP contribution in [0.25, 0.3) is 0 Å². The molecule has 1 N–H and O–H groups in total. The van der Waals surface area contributed by atoms with Gasteiger partial charge in [0.15, 0.2) is 0 Å². The lowest BCUT2D eigenvalue weighted by atomic mass is 9.91. The van der Waals surface area contributed by atoms with Crippen LogP contribution in [0.3, 0.4) is 0 Å². The fourth-order valence-electron chi connectivity index (χ4n) is 3.39. The summed E-state index contributed by atoms with van der Waals surface area (Å²) in [6.45, 7) is 1.60. The van der Waals surface area contributed by atoms with Gasteiger partial charge < -0.3 is 10.2 Å². The number of aryl methyl sites for hydroxylation is 1. The van der Waals surface area contributed by atoms with E-state index in [-0.39, 0.29) is 11.7 Å². The van der Waals surface area contributed by atoms with Crippen molar-refractivity contribution >= 4 is 11.7 Å². The monoisotopic (exact) mass is 341 g/mol. The molecule has 2 heterocycles. The summed E-state index contributed by atoms with van der Waals surface area (Å²) in [5.41, 5.74) is 1.83. The molecule has 0 unspecified atom stereocenters. The number of nitrogens with one attached hydrogen (secondary N) is 1. The third-order valence-electron chi connectivity index (χ3n) is 4.82. The molecule has 1 aliphatic rings. The van der Waals surface area contributed by atoms with Gasteiger partial charge >= 0.3 is 0 Å². The van der Waals surface area contributed by atoms with E-state index in [1.54, 1.807) is 25.4 Å². The number of nitrogens with zero attached hydrogens (tertiary/aromatic N) is 2. The Bertz CT molecular complexity index is 717. The van der Waals surface area contributed by atoms with Crippen LogP contribution in [0.2, 0.25) is 0 Å². The molecule has 1 aromatic heterocycles. The first kappa shape index (κ1) is 17.4. The van der Waals surface area contributed by atoms with Crippen LogP contribution in [0.15, 0.2) is 42.6 Å². The number of rotatable bonds is 5. The summed E-state index contributed by atoms with van der Waals surface area (Å²) in [6, 6.07) is 10.3. The highest BCUT2D eigenvalue weighted by Gasteiger charge is 2.24. The number of amides is 1. The van der Waals surface area contributed by atoms with Crippen molar-refractivity contribution in [3.8, 4) is 0 Å². The molecule has 5 heteroatoms. The Morgan fingerprint density at radius 3 is 2.88 bits per heavy atom. The van der Waals surface area contributed by atoms with Gasteiger partial charge in [-0.15, -0.1) is 0 Å². The Labute approximate surface area is 148 Å². The van der Waals surface area contributed by atoms with Crippen LogP contribution in [-0.2, 0) is 6.42 Å². The van der Waals surface area contributed by atoms with Crippen LogP contribution in [0.5, 0.6) is 0 Å². The largest absolute Gasteiger partial charge is 0.373 e. The lowest BCUT2D eigenvalue weighted by Gasteiger charge is -2.33. The fraction of sp³-hybridized carbons (Fsp3) is 0.400. The van der Waals surface area contributed by atoms with Crippen molar-refractivity contribution in [3.63, 3.8) is 0 Å². The summed E-state index contributed by atoms with van der Waals surface area (Å²) in [6.07, 6.45) is 5.78. The van der Waals surface area contributed by atoms with Crippen molar-refractivity contribution in [1.29, 1.82) is 0 Å². The summed E-state index contributed by atoms with van der Waals surface area (Å²) in [4.78, 5) is 18.9. The first-order chi connectivity index (χ1) is 12.2. The van der Waals surface area contributed by atoms with E-state index in [1.807, 2.05) is 17.0 Å². The molecule has 0 bridgehead atoms. The average molecular weight is 341 g/mol. The van der Waals surface area contributed by atoms with Crippen LogP contribution in [0.4, 0.5) is 10.2 Å². The number of hydrogen-bond acceptors (Lipinski definition) is 3. The lowest BCUT2D eigenvalue weighted by Crippen LogP contribution is -2.40. The molecule has 1 aliphatic heterocycles. The summed E-state index contributed by atoms with van der Waals surface area (Å²) in [5.74, 6) is 1.07.